The van der Waals surface area contributed by atoms with Gasteiger partial charge in [0.05, 0.1) is 0 Å². The monoisotopic (exact) mass is 281 g/mol. The standard InChI is InChI=1S/C10H10F3NOS2/c1-14(9(16)17-2)7-3-5-8(6-4-7)15-10(11,12)13/h3-6H,1-2H3. The summed E-state index contributed by atoms with van der Waals surface area (Å²) in [6.45, 7) is 0. The molecule has 0 unspecified atom stereocenters. The van der Waals surface area contributed by atoms with Gasteiger partial charge in [0.1, 0.15) is 10.1 Å². The van der Waals surface area contributed by atoms with E-state index >= 15 is 0 Å². The van der Waals surface area contributed by atoms with Crippen LogP contribution < -0.4 is 9.64 Å². The van der Waals surface area contributed by atoms with Crippen molar-refractivity contribution in [2.75, 3.05) is 18.2 Å². The summed E-state index contributed by atoms with van der Waals surface area (Å²) >= 11 is 6.45. The van der Waals surface area contributed by atoms with Gasteiger partial charge in [0, 0.05) is 12.7 Å². The van der Waals surface area contributed by atoms with Crippen molar-refractivity contribution in [3.8, 4) is 5.75 Å². The van der Waals surface area contributed by atoms with Crippen molar-refractivity contribution in [2.24, 2.45) is 0 Å². The number of hydrogen-bond donors (Lipinski definition) is 0. The van der Waals surface area contributed by atoms with Crippen molar-refractivity contribution < 1.29 is 17.9 Å². The van der Waals surface area contributed by atoms with Crippen LogP contribution in [0.15, 0.2) is 24.3 Å². The van der Waals surface area contributed by atoms with Crippen LogP contribution in [0.2, 0.25) is 0 Å². The molecule has 2 nitrogen and oxygen atoms in total. The summed E-state index contributed by atoms with van der Waals surface area (Å²) in [5.74, 6) is -0.246. The topological polar surface area (TPSA) is 12.5 Å². The van der Waals surface area contributed by atoms with E-state index in [1.165, 1.54) is 36.0 Å². The minimum atomic E-state index is -4.66. The number of thiocarbonyl (C=S) groups is 1. The van der Waals surface area contributed by atoms with Gasteiger partial charge in [-0.25, -0.2) is 0 Å². The van der Waals surface area contributed by atoms with Crippen LogP contribution in [0, 0.1) is 0 Å². The first-order valence-corrected chi connectivity index (χ1v) is 6.14. The van der Waals surface area contributed by atoms with Gasteiger partial charge in [-0.3, -0.25) is 0 Å². The van der Waals surface area contributed by atoms with Gasteiger partial charge in [-0.15, -0.1) is 24.9 Å². The first kappa shape index (κ1) is 14.1. The van der Waals surface area contributed by atoms with E-state index in [9.17, 15) is 13.2 Å². The van der Waals surface area contributed by atoms with Crippen LogP contribution >= 0.6 is 24.0 Å². The Kier molecular flexibility index (Phi) is 4.64. The number of nitrogens with zero attached hydrogens (tertiary/aromatic N) is 1. The van der Waals surface area contributed by atoms with Gasteiger partial charge in [0.25, 0.3) is 0 Å². The predicted octanol–water partition coefficient (Wildman–Crippen LogP) is 3.67. The molecule has 0 aliphatic carbocycles. The summed E-state index contributed by atoms with van der Waals surface area (Å²) in [6, 6.07) is 5.54. The highest BCUT2D eigenvalue weighted by atomic mass is 32.2. The third-order valence-electron chi connectivity index (χ3n) is 1.91. The average molecular weight is 281 g/mol. The number of anilines is 1. The van der Waals surface area contributed by atoms with Crippen molar-refractivity contribution in [3.63, 3.8) is 0 Å². The Labute approximate surface area is 107 Å². The van der Waals surface area contributed by atoms with Crippen LogP contribution in [0.3, 0.4) is 0 Å². The molecule has 0 radical (unpaired) electrons. The summed E-state index contributed by atoms with van der Waals surface area (Å²) in [6.07, 6.45) is -2.83. The van der Waals surface area contributed by atoms with Crippen LogP contribution in [0.1, 0.15) is 0 Å². The highest BCUT2D eigenvalue weighted by Gasteiger charge is 2.30. The van der Waals surface area contributed by atoms with E-state index in [0.717, 1.165) is 0 Å². The van der Waals surface area contributed by atoms with Crippen LogP contribution in [0.25, 0.3) is 0 Å². The second kappa shape index (κ2) is 5.59. The Morgan fingerprint density at radius 3 is 2.24 bits per heavy atom. The maximum Gasteiger partial charge on any atom is 0.573 e. The number of alkyl halides is 3. The lowest BCUT2D eigenvalue weighted by Gasteiger charge is -2.18. The predicted molar refractivity (Wildman–Crippen MR) is 67.6 cm³/mol. The van der Waals surface area contributed by atoms with Gasteiger partial charge >= 0.3 is 6.36 Å². The molecular formula is C10H10F3NOS2. The highest BCUT2D eigenvalue weighted by Crippen LogP contribution is 2.25. The van der Waals surface area contributed by atoms with Gasteiger partial charge < -0.3 is 9.64 Å². The molecule has 0 heterocycles. The smallest absolute Gasteiger partial charge is 0.406 e. The lowest BCUT2D eigenvalue weighted by atomic mass is 10.3. The van der Waals surface area contributed by atoms with E-state index in [1.807, 2.05) is 6.26 Å². The van der Waals surface area contributed by atoms with Crippen LogP contribution in [-0.2, 0) is 0 Å². The van der Waals surface area contributed by atoms with Gasteiger partial charge in [0.15, 0.2) is 0 Å². The normalized spacial score (nSPS) is 11.1. The minimum Gasteiger partial charge on any atom is -0.406 e. The van der Waals surface area contributed by atoms with Crippen molar-refractivity contribution in [2.45, 2.75) is 6.36 Å². The Morgan fingerprint density at radius 1 is 1.29 bits per heavy atom. The Balaban J connectivity index is 2.78. The molecular weight excluding hydrogens is 271 g/mol. The number of thioether (sulfide) groups is 1. The molecule has 0 fully saturated rings. The van der Waals surface area contributed by atoms with Crippen LogP contribution in [-0.4, -0.2) is 24.0 Å². The zero-order valence-corrected chi connectivity index (χ0v) is 10.7. The first-order chi connectivity index (χ1) is 7.83. The third-order valence-corrected chi connectivity index (χ3v) is 3.30. The van der Waals surface area contributed by atoms with Crippen molar-refractivity contribution >= 4 is 34.0 Å². The maximum absolute atomic E-state index is 11.9. The molecule has 94 valence electrons. The Morgan fingerprint density at radius 2 is 1.82 bits per heavy atom. The molecule has 0 atom stereocenters. The van der Waals surface area contributed by atoms with Gasteiger partial charge in [-0.1, -0.05) is 12.2 Å². The third kappa shape index (κ3) is 4.43. The van der Waals surface area contributed by atoms with Crippen molar-refractivity contribution in [1.82, 2.24) is 0 Å². The fraction of sp³-hybridized carbons (Fsp3) is 0.300. The van der Waals surface area contributed by atoms with Gasteiger partial charge in [0.2, 0.25) is 0 Å². The summed E-state index contributed by atoms with van der Waals surface area (Å²) in [5, 5.41) is 0. The number of halogens is 3. The number of hydrogen-bond acceptors (Lipinski definition) is 3. The highest BCUT2D eigenvalue weighted by molar-refractivity contribution is 8.22. The quantitative estimate of drug-likeness (QED) is 0.766. The molecule has 0 aromatic heterocycles. The zero-order valence-electron chi connectivity index (χ0n) is 9.12. The van der Waals surface area contributed by atoms with Gasteiger partial charge in [-0.2, -0.15) is 0 Å². The van der Waals surface area contributed by atoms with Crippen molar-refractivity contribution in [1.29, 1.82) is 0 Å². The Bertz CT molecular complexity index is 392. The largest absolute Gasteiger partial charge is 0.573 e. The molecule has 17 heavy (non-hydrogen) atoms. The molecule has 0 aliphatic rings. The Hall–Kier alpha value is -0.950. The summed E-state index contributed by atoms with van der Waals surface area (Å²) in [5.41, 5.74) is 0.707. The average Bonchev–Trinajstić information content (AvgIpc) is 2.26. The zero-order chi connectivity index (χ0) is 13.1. The van der Waals surface area contributed by atoms with E-state index in [-0.39, 0.29) is 5.75 Å². The van der Waals surface area contributed by atoms with E-state index in [4.69, 9.17) is 12.2 Å². The lowest BCUT2D eigenvalue weighted by molar-refractivity contribution is -0.274. The molecule has 0 saturated heterocycles. The van der Waals surface area contributed by atoms with Crippen LogP contribution in [0.5, 0.6) is 5.75 Å². The molecule has 7 heteroatoms. The second-order valence-electron chi connectivity index (χ2n) is 3.07. The van der Waals surface area contributed by atoms with Crippen LogP contribution in [0.4, 0.5) is 18.9 Å². The second-order valence-corrected chi connectivity index (χ2v) is 4.51. The molecule has 0 aliphatic heterocycles. The lowest BCUT2D eigenvalue weighted by Crippen LogP contribution is -2.21. The molecule has 0 N–H and O–H groups in total. The summed E-state index contributed by atoms with van der Waals surface area (Å²) in [7, 11) is 1.75. The molecule has 1 rings (SSSR count). The number of ether oxygens (including phenoxy) is 1. The molecule has 0 spiro atoms. The van der Waals surface area contributed by atoms with E-state index in [0.29, 0.717) is 10.0 Å². The van der Waals surface area contributed by atoms with E-state index < -0.39 is 6.36 Å². The SMILES string of the molecule is CSC(=S)N(C)c1ccc(OC(F)(F)F)cc1. The fourth-order valence-corrected chi connectivity index (χ4v) is 1.60. The minimum absolute atomic E-state index is 0.246. The molecule has 0 saturated carbocycles. The molecule has 0 bridgehead atoms. The van der Waals surface area contributed by atoms with Crippen molar-refractivity contribution in [3.05, 3.63) is 24.3 Å². The van der Waals surface area contributed by atoms with Gasteiger partial charge in [-0.05, 0) is 30.5 Å². The number of benzene rings is 1. The molecule has 0 amide bonds. The first-order valence-electron chi connectivity index (χ1n) is 4.51. The number of rotatable bonds is 2. The maximum atomic E-state index is 11.9. The summed E-state index contributed by atoms with van der Waals surface area (Å²) < 4.78 is 40.2. The fourth-order valence-electron chi connectivity index (χ4n) is 1.11. The summed E-state index contributed by atoms with van der Waals surface area (Å²) in [4.78, 5) is 1.71. The molecule has 1 aromatic rings. The molecule has 1 aromatic carbocycles. The van der Waals surface area contributed by atoms with E-state index in [1.54, 1.807) is 11.9 Å². The van der Waals surface area contributed by atoms with E-state index in [2.05, 4.69) is 4.74 Å².